The molecular formula is C21H24F3N3O4S. The second kappa shape index (κ2) is 10.1. The van der Waals surface area contributed by atoms with E-state index in [2.05, 4.69) is 10.0 Å². The summed E-state index contributed by atoms with van der Waals surface area (Å²) in [5.74, 6) is -2.54. The third-order valence-corrected chi connectivity index (χ3v) is 5.92. The summed E-state index contributed by atoms with van der Waals surface area (Å²) >= 11 is 0. The molecule has 0 aliphatic heterocycles. The van der Waals surface area contributed by atoms with Crippen LogP contribution in [0.25, 0.3) is 0 Å². The van der Waals surface area contributed by atoms with Crippen molar-refractivity contribution in [1.29, 1.82) is 0 Å². The Labute approximate surface area is 184 Å². The highest BCUT2D eigenvalue weighted by atomic mass is 32.2. The molecule has 11 heteroatoms. The van der Waals surface area contributed by atoms with E-state index in [1.54, 1.807) is 13.8 Å². The number of hydrogen-bond acceptors (Lipinski definition) is 4. The normalized spacial score (nSPS) is 12.0. The molecule has 0 aromatic heterocycles. The number of carbonyl (C=O) groups is 2. The molecule has 0 saturated heterocycles. The largest absolute Gasteiger partial charge is 0.471 e. The number of benzene rings is 2. The van der Waals surface area contributed by atoms with E-state index >= 15 is 0 Å². The molecule has 2 rings (SSSR count). The van der Waals surface area contributed by atoms with E-state index in [9.17, 15) is 31.2 Å². The van der Waals surface area contributed by atoms with Gasteiger partial charge in [0.25, 0.3) is 5.91 Å². The van der Waals surface area contributed by atoms with Crippen LogP contribution in [0, 0.1) is 0 Å². The van der Waals surface area contributed by atoms with Gasteiger partial charge in [0.15, 0.2) is 0 Å². The van der Waals surface area contributed by atoms with Crippen molar-refractivity contribution in [3.8, 4) is 0 Å². The summed E-state index contributed by atoms with van der Waals surface area (Å²) in [5, 5.41) is 2.59. The van der Waals surface area contributed by atoms with Crippen molar-refractivity contribution >= 4 is 27.5 Å². The highest BCUT2D eigenvalue weighted by molar-refractivity contribution is 7.89. The van der Waals surface area contributed by atoms with Gasteiger partial charge in [0, 0.05) is 30.4 Å². The average Bonchev–Trinajstić information content (AvgIpc) is 2.70. The molecule has 2 aromatic carbocycles. The van der Waals surface area contributed by atoms with Crippen LogP contribution in [0.15, 0.2) is 53.4 Å². The van der Waals surface area contributed by atoms with E-state index in [4.69, 9.17) is 0 Å². The van der Waals surface area contributed by atoms with Crippen LogP contribution in [-0.4, -0.2) is 43.9 Å². The fraction of sp³-hybridized carbons (Fsp3) is 0.333. The first-order chi connectivity index (χ1) is 14.8. The van der Waals surface area contributed by atoms with Gasteiger partial charge >= 0.3 is 12.1 Å². The van der Waals surface area contributed by atoms with Gasteiger partial charge in [-0.1, -0.05) is 18.2 Å². The standard InChI is InChI=1S/C21H24F3N3O4S/c1-4-27(20(29)21(22,23)24)13-15-7-5-9-17(11-15)25-19(28)16-8-6-10-18(12-16)32(30,31)26-14(2)3/h5-12,14,26H,4,13H2,1-3H3,(H,25,28). The number of nitrogens with zero attached hydrogens (tertiary/aromatic N) is 1. The van der Waals surface area contributed by atoms with Crippen molar-refractivity contribution in [3.63, 3.8) is 0 Å². The van der Waals surface area contributed by atoms with Crippen LogP contribution in [0.3, 0.4) is 0 Å². The molecule has 0 spiro atoms. The third-order valence-electron chi connectivity index (χ3n) is 4.27. The lowest BCUT2D eigenvalue weighted by molar-refractivity contribution is -0.185. The number of sulfonamides is 1. The third kappa shape index (κ3) is 6.79. The summed E-state index contributed by atoms with van der Waals surface area (Å²) in [6, 6.07) is 11.2. The Morgan fingerprint density at radius 3 is 2.31 bits per heavy atom. The molecule has 7 nitrogen and oxygen atoms in total. The second-order valence-electron chi connectivity index (χ2n) is 7.28. The minimum Gasteiger partial charge on any atom is -0.331 e. The number of amides is 2. The van der Waals surface area contributed by atoms with Crippen molar-refractivity contribution in [2.24, 2.45) is 0 Å². The molecule has 2 aromatic rings. The minimum atomic E-state index is -4.97. The molecule has 32 heavy (non-hydrogen) atoms. The molecule has 0 saturated carbocycles. The summed E-state index contributed by atoms with van der Waals surface area (Å²) < 4.78 is 65.2. The molecule has 0 radical (unpaired) electrons. The smallest absolute Gasteiger partial charge is 0.331 e. The monoisotopic (exact) mass is 471 g/mol. The summed E-state index contributed by atoms with van der Waals surface area (Å²) in [7, 11) is -3.79. The van der Waals surface area contributed by atoms with Crippen LogP contribution in [0.2, 0.25) is 0 Å². The number of hydrogen-bond donors (Lipinski definition) is 2. The SMILES string of the molecule is CCN(Cc1cccc(NC(=O)c2cccc(S(=O)(=O)NC(C)C)c2)c1)C(=O)C(F)(F)F. The topological polar surface area (TPSA) is 95.6 Å². The van der Waals surface area contributed by atoms with Crippen molar-refractivity contribution in [2.45, 2.75) is 44.4 Å². The molecule has 0 heterocycles. The predicted octanol–water partition coefficient (Wildman–Crippen LogP) is 3.54. The molecular weight excluding hydrogens is 447 g/mol. The molecule has 2 N–H and O–H groups in total. The number of rotatable bonds is 8. The van der Waals surface area contributed by atoms with Gasteiger partial charge < -0.3 is 10.2 Å². The van der Waals surface area contributed by atoms with Gasteiger partial charge in [0.1, 0.15) is 0 Å². The highest BCUT2D eigenvalue weighted by Crippen LogP contribution is 2.21. The summed E-state index contributed by atoms with van der Waals surface area (Å²) in [4.78, 5) is 24.7. The Bertz CT molecular complexity index is 1090. The van der Waals surface area contributed by atoms with Gasteiger partial charge in [0.2, 0.25) is 10.0 Å². The summed E-state index contributed by atoms with van der Waals surface area (Å²) in [5.41, 5.74) is 0.765. The molecule has 174 valence electrons. The zero-order valence-corrected chi connectivity index (χ0v) is 18.5. The van der Waals surface area contributed by atoms with Crippen molar-refractivity contribution < 1.29 is 31.2 Å². The lowest BCUT2D eigenvalue weighted by atomic mass is 10.1. The van der Waals surface area contributed by atoms with Gasteiger partial charge in [-0.05, 0) is 56.7 Å². The Morgan fingerprint density at radius 2 is 1.72 bits per heavy atom. The fourth-order valence-electron chi connectivity index (χ4n) is 2.86. The summed E-state index contributed by atoms with van der Waals surface area (Å²) in [6.07, 6.45) is -4.97. The number of nitrogens with one attached hydrogen (secondary N) is 2. The van der Waals surface area contributed by atoms with Crippen LogP contribution in [0.5, 0.6) is 0 Å². The zero-order chi connectivity index (χ0) is 24.1. The Balaban J connectivity index is 2.18. The molecule has 0 aliphatic carbocycles. The van der Waals surface area contributed by atoms with Gasteiger partial charge in [0.05, 0.1) is 4.90 Å². The second-order valence-corrected chi connectivity index (χ2v) is 8.99. The number of alkyl halides is 3. The van der Waals surface area contributed by atoms with E-state index in [0.29, 0.717) is 10.5 Å². The van der Waals surface area contributed by atoms with Crippen LogP contribution >= 0.6 is 0 Å². The molecule has 2 amide bonds. The average molecular weight is 472 g/mol. The van der Waals surface area contributed by atoms with Crippen LogP contribution in [0.4, 0.5) is 18.9 Å². The predicted molar refractivity (Wildman–Crippen MR) is 113 cm³/mol. The lowest BCUT2D eigenvalue weighted by Gasteiger charge is -2.22. The highest BCUT2D eigenvalue weighted by Gasteiger charge is 2.41. The van der Waals surface area contributed by atoms with Gasteiger partial charge in [-0.15, -0.1) is 0 Å². The number of anilines is 1. The van der Waals surface area contributed by atoms with Crippen molar-refractivity contribution in [3.05, 3.63) is 59.7 Å². The van der Waals surface area contributed by atoms with E-state index < -0.39 is 28.0 Å². The molecule has 0 atom stereocenters. The zero-order valence-electron chi connectivity index (χ0n) is 17.7. The molecule has 0 unspecified atom stereocenters. The van der Waals surface area contributed by atoms with Gasteiger partial charge in [-0.3, -0.25) is 9.59 Å². The Hall–Kier alpha value is -2.92. The number of carbonyl (C=O) groups excluding carboxylic acids is 2. The molecule has 0 fully saturated rings. The van der Waals surface area contributed by atoms with E-state index in [-0.39, 0.29) is 35.3 Å². The van der Waals surface area contributed by atoms with Crippen LogP contribution in [-0.2, 0) is 21.4 Å². The first-order valence-corrected chi connectivity index (χ1v) is 11.2. The number of halogens is 3. The van der Waals surface area contributed by atoms with Crippen LogP contribution < -0.4 is 10.0 Å². The minimum absolute atomic E-state index is 0.0724. The van der Waals surface area contributed by atoms with Crippen LogP contribution in [0.1, 0.15) is 36.7 Å². The molecule has 0 bridgehead atoms. The van der Waals surface area contributed by atoms with Gasteiger partial charge in [-0.2, -0.15) is 13.2 Å². The maximum atomic E-state index is 12.7. The first-order valence-electron chi connectivity index (χ1n) is 9.72. The summed E-state index contributed by atoms with van der Waals surface area (Å²) in [6.45, 7) is 4.35. The Kier molecular flexibility index (Phi) is 8.02. The van der Waals surface area contributed by atoms with E-state index in [0.717, 1.165) is 0 Å². The Morgan fingerprint density at radius 1 is 1.06 bits per heavy atom. The molecule has 0 aliphatic rings. The van der Waals surface area contributed by atoms with Gasteiger partial charge in [-0.25, -0.2) is 13.1 Å². The van der Waals surface area contributed by atoms with E-state index in [1.165, 1.54) is 55.5 Å². The lowest BCUT2D eigenvalue weighted by Crippen LogP contribution is -2.40. The first kappa shape index (κ1) is 25.3. The maximum absolute atomic E-state index is 12.7. The fourth-order valence-corrected chi connectivity index (χ4v) is 4.16. The maximum Gasteiger partial charge on any atom is 0.471 e. The quantitative estimate of drug-likeness (QED) is 0.616. The van der Waals surface area contributed by atoms with Crippen molar-refractivity contribution in [2.75, 3.05) is 11.9 Å². The van der Waals surface area contributed by atoms with E-state index in [1.807, 2.05) is 0 Å². The van der Waals surface area contributed by atoms with Crippen molar-refractivity contribution in [1.82, 2.24) is 9.62 Å².